The molecule has 2 heterocycles. The Kier molecular flexibility index (Phi) is 3.48. The first-order chi connectivity index (χ1) is 9.24. The number of hydrogen-bond acceptors (Lipinski definition) is 4. The Morgan fingerprint density at radius 3 is 2.84 bits per heavy atom. The summed E-state index contributed by atoms with van der Waals surface area (Å²) in [5, 5.41) is 2.11. The SMILES string of the molecule is NC(=S)c1cccc(N(Cc2cccs2)C2CC2)n1. The van der Waals surface area contributed by atoms with Gasteiger partial charge in [0.25, 0.3) is 0 Å². The lowest BCUT2D eigenvalue weighted by atomic mass is 10.3. The predicted octanol–water partition coefficient (Wildman–Crippen LogP) is 2.95. The molecule has 0 amide bonds. The molecule has 2 N–H and O–H groups in total. The number of nitrogens with two attached hydrogens (primary N) is 1. The summed E-state index contributed by atoms with van der Waals surface area (Å²) in [6.07, 6.45) is 2.48. The molecule has 3 rings (SSSR count). The molecule has 2 aromatic rings. The molecule has 98 valence electrons. The van der Waals surface area contributed by atoms with Crippen LogP contribution in [-0.2, 0) is 6.54 Å². The van der Waals surface area contributed by atoms with Crippen molar-refractivity contribution in [1.82, 2.24) is 4.98 Å². The summed E-state index contributed by atoms with van der Waals surface area (Å²) in [6.45, 7) is 0.913. The van der Waals surface area contributed by atoms with E-state index in [1.807, 2.05) is 18.2 Å². The normalized spacial score (nSPS) is 14.3. The van der Waals surface area contributed by atoms with Crippen LogP contribution in [0.15, 0.2) is 35.7 Å². The van der Waals surface area contributed by atoms with Gasteiger partial charge in [-0.2, -0.15) is 0 Å². The highest BCUT2D eigenvalue weighted by atomic mass is 32.1. The highest BCUT2D eigenvalue weighted by Gasteiger charge is 2.30. The van der Waals surface area contributed by atoms with Gasteiger partial charge in [-0.1, -0.05) is 24.4 Å². The van der Waals surface area contributed by atoms with Crippen molar-refractivity contribution in [3.63, 3.8) is 0 Å². The molecule has 3 nitrogen and oxygen atoms in total. The van der Waals surface area contributed by atoms with Gasteiger partial charge >= 0.3 is 0 Å². The predicted molar refractivity (Wildman–Crippen MR) is 83.6 cm³/mol. The summed E-state index contributed by atoms with van der Waals surface area (Å²) < 4.78 is 0. The van der Waals surface area contributed by atoms with Gasteiger partial charge in [-0.15, -0.1) is 11.3 Å². The topological polar surface area (TPSA) is 42.1 Å². The van der Waals surface area contributed by atoms with Crippen LogP contribution >= 0.6 is 23.6 Å². The highest BCUT2D eigenvalue weighted by molar-refractivity contribution is 7.80. The van der Waals surface area contributed by atoms with Crippen molar-refractivity contribution in [2.75, 3.05) is 4.90 Å². The van der Waals surface area contributed by atoms with Crippen LogP contribution < -0.4 is 10.6 Å². The minimum absolute atomic E-state index is 0.355. The first-order valence-corrected chi connectivity index (χ1v) is 7.59. The van der Waals surface area contributed by atoms with Gasteiger partial charge in [-0.3, -0.25) is 0 Å². The number of anilines is 1. The fraction of sp³-hybridized carbons (Fsp3) is 0.286. The zero-order valence-electron chi connectivity index (χ0n) is 10.5. The monoisotopic (exact) mass is 289 g/mol. The molecule has 0 saturated heterocycles. The fourth-order valence-corrected chi connectivity index (χ4v) is 2.89. The quantitative estimate of drug-likeness (QED) is 0.859. The van der Waals surface area contributed by atoms with Crippen LogP contribution in [0.2, 0.25) is 0 Å². The van der Waals surface area contributed by atoms with E-state index in [2.05, 4.69) is 27.4 Å². The molecule has 0 radical (unpaired) electrons. The minimum Gasteiger partial charge on any atom is -0.388 e. The molecule has 0 atom stereocenters. The molecule has 0 unspecified atom stereocenters. The molecule has 0 aliphatic heterocycles. The Hall–Kier alpha value is -1.46. The van der Waals surface area contributed by atoms with Crippen molar-refractivity contribution in [2.45, 2.75) is 25.4 Å². The summed E-state index contributed by atoms with van der Waals surface area (Å²) in [7, 11) is 0. The molecule has 0 spiro atoms. The van der Waals surface area contributed by atoms with E-state index in [9.17, 15) is 0 Å². The lowest BCUT2D eigenvalue weighted by Gasteiger charge is -2.23. The molecule has 1 aliphatic carbocycles. The molecule has 0 aromatic carbocycles. The van der Waals surface area contributed by atoms with E-state index in [0.717, 1.165) is 12.4 Å². The largest absolute Gasteiger partial charge is 0.388 e. The molecule has 19 heavy (non-hydrogen) atoms. The van der Waals surface area contributed by atoms with E-state index < -0.39 is 0 Å². The van der Waals surface area contributed by atoms with Crippen molar-refractivity contribution >= 4 is 34.4 Å². The van der Waals surface area contributed by atoms with Gasteiger partial charge in [0.2, 0.25) is 0 Å². The van der Waals surface area contributed by atoms with E-state index in [1.165, 1.54) is 17.7 Å². The second kappa shape index (κ2) is 5.27. The van der Waals surface area contributed by atoms with Crippen molar-refractivity contribution < 1.29 is 0 Å². The summed E-state index contributed by atoms with van der Waals surface area (Å²) >= 11 is 6.79. The Morgan fingerprint density at radius 1 is 1.37 bits per heavy atom. The molecule has 2 aromatic heterocycles. The van der Waals surface area contributed by atoms with Gasteiger partial charge < -0.3 is 10.6 Å². The van der Waals surface area contributed by atoms with Crippen LogP contribution in [-0.4, -0.2) is 16.0 Å². The molecule has 1 saturated carbocycles. The molecular weight excluding hydrogens is 274 g/mol. The zero-order chi connectivity index (χ0) is 13.2. The van der Waals surface area contributed by atoms with Crippen LogP contribution in [0.3, 0.4) is 0 Å². The van der Waals surface area contributed by atoms with Crippen LogP contribution in [0.25, 0.3) is 0 Å². The molecule has 1 fully saturated rings. The summed E-state index contributed by atoms with van der Waals surface area (Å²) in [6, 6.07) is 10.7. The van der Waals surface area contributed by atoms with Crippen LogP contribution in [0.1, 0.15) is 23.4 Å². The maximum absolute atomic E-state index is 5.66. The second-order valence-electron chi connectivity index (χ2n) is 4.68. The van der Waals surface area contributed by atoms with Crippen molar-refractivity contribution in [3.05, 3.63) is 46.3 Å². The lowest BCUT2D eigenvalue weighted by Crippen LogP contribution is -2.26. The van der Waals surface area contributed by atoms with E-state index in [1.54, 1.807) is 11.3 Å². The number of thiocarbonyl (C=S) groups is 1. The molecule has 0 bridgehead atoms. The van der Waals surface area contributed by atoms with E-state index in [0.29, 0.717) is 16.7 Å². The lowest BCUT2D eigenvalue weighted by molar-refractivity contribution is 0.786. The standard InChI is InChI=1S/C14H15N3S2/c15-14(18)12-4-1-5-13(16-12)17(10-6-7-10)9-11-3-2-8-19-11/h1-5,8,10H,6-7,9H2,(H2,15,18). The summed E-state index contributed by atoms with van der Waals surface area (Å²) in [5.74, 6) is 0.973. The van der Waals surface area contributed by atoms with Gasteiger partial charge in [0.15, 0.2) is 0 Å². The zero-order valence-corrected chi connectivity index (χ0v) is 12.1. The number of thiophene rings is 1. The summed E-state index contributed by atoms with van der Waals surface area (Å²) in [4.78, 5) is 8.64. The number of aromatic nitrogens is 1. The van der Waals surface area contributed by atoms with Gasteiger partial charge in [-0.25, -0.2) is 4.98 Å². The van der Waals surface area contributed by atoms with E-state index in [-0.39, 0.29) is 0 Å². The van der Waals surface area contributed by atoms with Crippen LogP contribution in [0.4, 0.5) is 5.82 Å². The Bertz CT molecular complexity index is 576. The molecule has 1 aliphatic rings. The first-order valence-electron chi connectivity index (χ1n) is 6.30. The number of rotatable bonds is 5. The van der Waals surface area contributed by atoms with Gasteiger partial charge in [0, 0.05) is 10.9 Å². The minimum atomic E-state index is 0.355. The Labute approximate surface area is 122 Å². The third-order valence-electron chi connectivity index (χ3n) is 3.18. The van der Waals surface area contributed by atoms with E-state index >= 15 is 0 Å². The number of hydrogen-bond donors (Lipinski definition) is 1. The fourth-order valence-electron chi connectivity index (χ4n) is 2.07. The summed E-state index contributed by atoms with van der Waals surface area (Å²) in [5.41, 5.74) is 6.36. The van der Waals surface area contributed by atoms with Crippen LogP contribution in [0, 0.1) is 0 Å². The van der Waals surface area contributed by atoms with Gasteiger partial charge in [0.05, 0.1) is 12.2 Å². The van der Waals surface area contributed by atoms with Crippen molar-refractivity contribution in [2.24, 2.45) is 5.73 Å². The second-order valence-corrected chi connectivity index (χ2v) is 6.16. The van der Waals surface area contributed by atoms with Gasteiger partial charge in [-0.05, 0) is 36.4 Å². The van der Waals surface area contributed by atoms with E-state index in [4.69, 9.17) is 18.0 Å². The maximum atomic E-state index is 5.66. The Balaban J connectivity index is 1.87. The third kappa shape index (κ3) is 2.93. The van der Waals surface area contributed by atoms with Crippen molar-refractivity contribution in [1.29, 1.82) is 0 Å². The molecular formula is C14H15N3S2. The average Bonchev–Trinajstić information content (AvgIpc) is 3.13. The number of pyridine rings is 1. The smallest absolute Gasteiger partial charge is 0.129 e. The third-order valence-corrected chi connectivity index (χ3v) is 4.25. The van der Waals surface area contributed by atoms with Crippen LogP contribution in [0.5, 0.6) is 0 Å². The maximum Gasteiger partial charge on any atom is 0.129 e. The van der Waals surface area contributed by atoms with Gasteiger partial charge in [0.1, 0.15) is 10.8 Å². The average molecular weight is 289 g/mol. The molecule has 5 heteroatoms. The Morgan fingerprint density at radius 2 is 2.21 bits per heavy atom. The first kappa shape index (κ1) is 12.6. The highest BCUT2D eigenvalue weighted by Crippen LogP contribution is 2.32. The van der Waals surface area contributed by atoms with Crippen molar-refractivity contribution in [3.8, 4) is 0 Å². The number of nitrogens with zero attached hydrogens (tertiary/aromatic N) is 2.